The fourth-order valence-electron chi connectivity index (χ4n) is 1.97. The summed E-state index contributed by atoms with van der Waals surface area (Å²) in [7, 11) is 0. The number of aromatic nitrogens is 2. The summed E-state index contributed by atoms with van der Waals surface area (Å²) in [6, 6.07) is 4.41. The van der Waals surface area contributed by atoms with Gasteiger partial charge in [0.15, 0.2) is 0 Å². The maximum absolute atomic E-state index is 13.5. The highest BCUT2D eigenvalue weighted by molar-refractivity contribution is 5.40. The second-order valence-electron chi connectivity index (χ2n) is 4.75. The van der Waals surface area contributed by atoms with Crippen molar-refractivity contribution >= 4 is 0 Å². The summed E-state index contributed by atoms with van der Waals surface area (Å²) in [5.41, 5.74) is 0.106. The van der Waals surface area contributed by atoms with Gasteiger partial charge in [0, 0.05) is 24.5 Å². The fraction of sp³-hybridized carbons (Fsp3) is 0.200. The Labute approximate surface area is 115 Å². The lowest BCUT2D eigenvalue weighted by atomic mass is 10.2. The van der Waals surface area contributed by atoms with Gasteiger partial charge in [0.1, 0.15) is 5.82 Å². The molecule has 1 aromatic carbocycles. The molecular weight excluding hydrogens is 259 g/mol. The monoisotopic (exact) mass is 274 g/mol. The van der Waals surface area contributed by atoms with E-state index < -0.39 is 16.9 Å². The Hall–Kier alpha value is -2.43. The Balaban J connectivity index is 2.64. The highest BCUT2D eigenvalue weighted by atomic mass is 19.1. The molecule has 0 aliphatic carbocycles. The first-order valence-corrected chi connectivity index (χ1v) is 6.14. The molecule has 4 nitrogen and oxygen atoms in total. The number of hydrogen-bond donors (Lipinski definition) is 0. The molecule has 2 rings (SSSR count). The van der Waals surface area contributed by atoms with Crippen LogP contribution in [0.3, 0.4) is 0 Å². The SMILES string of the molecule is C=C(C)Cn1ccn(-c2cccc(F)c2C)c(=O)c1=O. The van der Waals surface area contributed by atoms with Crippen molar-refractivity contribution in [3.8, 4) is 5.69 Å². The molecule has 1 heterocycles. The molecule has 0 spiro atoms. The Bertz CT molecular complexity index is 787. The van der Waals surface area contributed by atoms with E-state index in [1.807, 2.05) is 0 Å². The summed E-state index contributed by atoms with van der Waals surface area (Å²) < 4.78 is 16.0. The van der Waals surface area contributed by atoms with Gasteiger partial charge < -0.3 is 4.57 Å². The number of rotatable bonds is 3. The van der Waals surface area contributed by atoms with Gasteiger partial charge in [-0.25, -0.2) is 4.39 Å². The lowest BCUT2D eigenvalue weighted by Crippen LogP contribution is -2.40. The first-order chi connectivity index (χ1) is 9.41. The van der Waals surface area contributed by atoms with E-state index in [0.29, 0.717) is 11.3 Å². The molecule has 0 unspecified atom stereocenters. The van der Waals surface area contributed by atoms with Crippen molar-refractivity contribution in [1.82, 2.24) is 9.13 Å². The molecular formula is C15H15FN2O2. The van der Waals surface area contributed by atoms with E-state index in [0.717, 1.165) is 10.1 Å². The average Bonchev–Trinajstić information content (AvgIpc) is 2.39. The van der Waals surface area contributed by atoms with Crippen LogP contribution in [0.2, 0.25) is 0 Å². The average molecular weight is 274 g/mol. The Morgan fingerprint density at radius 2 is 1.95 bits per heavy atom. The minimum Gasteiger partial charge on any atom is -0.305 e. The van der Waals surface area contributed by atoms with Gasteiger partial charge in [-0.3, -0.25) is 14.2 Å². The molecule has 1 aromatic heterocycles. The van der Waals surface area contributed by atoms with Crippen molar-refractivity contribution in [2.24, 2.45) is 0 Å². The molecule has 0 saturated carbocycles. The third kappa shape index (κ3) is 2.47. The quantitative estimate of drug-likeness (QED) is 0.635. The minimum atomic E-state index is -0.706. The predicted molar refractivity (Wildman–Crippen MR) is 75.8 cm³/mol. The Kier molecular flexibility index (Phi) is 3.70. The van der Waals surface area contributed by atoms with Crippen LogP contribution in [-0.4, -0.2) is 9.13 Å². The second kappa shape index (κ2) is 5.28. The third-order valence-electron chi connectivity index (χ3n) is 3.00. The molecule has 0 bridgehead atoms. The van der Waals surface area contributed by atoms with E-state index in [1.54, 1.807) is 19.9 Å². The van der Waals surface area contributed by atoms with E-state index in [1.165, 1.54) is 29.1 Å². The van der Waals surface area contributed by atoms with E-state index in [2.05, 4.69) is 6.58 Å². The third-order valence-corrected chi connectivity index (χ3v) is 3.00. The molecule has 0 amide bonds. The van der Waals surface area contributed by atoms with Crippen LogP contribution in [0.15, 0.2) is 52.3 Å². The molecule has 0 aliphatic heterocycles. The van der Waals surface area contributed by atoms with Crippen LogP contribution in [0, 0.1) is 12.7 Å². The zero-order valence-electron chi connectivity index (χ0n) is 11.4. The van der Waals surface area contributed by atoms with Crippen LogP contribution in [0.1, 0.15) is 12.5 Å². The smallest absolute Gasteiger partial charge is 0.305 e. The standard InChI is InChI=1S/C15H15FN2O2/c1-10(2)9-17-7-8-18(15(20)14(17)19)13-6-4-5-12(16)11(13)3/h4-8H,1,9H2,2-3H3. The number of allylic oxidation sites excluding steroid dienone is 1. The van der Waals surface area contributed by atoms with Crippen LogP contribution in [0.4, 0.5) is 4.39 Å². The molecule has 0 fully saturated rings. The summed E-state index contributed by atoms with van der Waals surface area (Å²) in [4.78, 5) is 24.1. The molecule has 0 radical (unpaired) electrons. The summed E-state index contributed by atoms with van der Waals surface area (Å²) in [6.07, 6.45) is 2.97. The molecule has 5 heteroatoms. The first kappa shape index (κ1) is 14.0. The normalized spacial score (nSPS) is 10.6. The van der Waals surface area contributed by atoms with Crippen LogP contribution < -0.4 is 11.1 Å². The largest absolute Gasteiger partial charge is 0.320 e. The van der Waals surface area contributed by atoms with E-state index >= 15 is 0 Å². The summed E-state index contributed by atoms with van der Waals surface area (Å²) in [5, 5.41) is 0. The van der Waals surface area contributed by atoms with Crippen LogP contribution in [0.5, 0.6) is 0 Å². The molecule has 0 saturated heterocycles. The Morgan fingerprint density at radius 1 is 1.25 bits per heavy atom. The fourth-order valence-corrected chi connectivity index (χ4v) is 1.97. The van der Waals surface area contributed by atoms with Crippen molar-refractivity contribution in [1.29, 1.82) is 0 Å². The maximum Gasteiger partial charge on any atom is 0.320 e. The highest BCUT2D eigenvalue weighted by Gasteiger charge is 2.10. The van der Waals surface area contributed by atoms with E-state index in [-0.39, 0.29) is 6.54 Å². The van der Waals surface area contributed by atoms with Crippen molar-refractivity contribution in [2.75, 3.05) is 0 Å². The van der Waals surface area contributed by atoms with Gasteiger partial charge in [-0.05, 0) is 26.0 Å². The number of nitrogens with zero attached hydrogens (tertiary/aromatic N) is 2. The first-order valence-electron chi connectivity index (χ1n) is 6.14. The Morgan fingerprint density at radius 3 is 2.60 bits per heavy atom. The van der Waals surface area contributed by atoms with Gasteiger partial charge in [-0.2, -0.15) is 0 Å². The lowest BCUT2D eigenvalue weighted by molar-refractivity contribution is 0.615. The zero-order chi connectivity index (χ0) is 14.9. The van der Waals surface area contributed by atoms with Gasteiger partial charge >= 0.3 is 11.1 Å². The van der Waals surface area contributed by atoms with Gasteiger partial charge in [0.25, 0.3) is 0 Å². The predicted octanol–water partition coefficient (Wildman–Crippen LogP) is 2.02. The van der Waals surface area contributed by atoms with E-state index in [9.17, 15) is 14.0 Å². The summed E-state index contributed by atoms with van der Waals surface area (Å²) >= 11 is 0. The van der Waals surface area contributed by atoms with Crippen LogP contribution >= 0.6 is 0 Å². The summed E-state index contributed by atoms with van der Waals surface area (Å²) in [5.74, 6) is -0.416. The molecule has 2 aromatic rings. The number of benzene rings is 1. The topological polar surface area (TPSA) is 44.0 Å². The number of halogens is 1. The molecule has 20 heavy (non-hydrogen) atoms. The van der Waals surface area contributed by atoms with Crippen LogP contribution in [0.25, 0.3) is 5.69 Å². The molecule has 0 aliphatic rings. The molecule has 0 atom stereocenters. The van der Waals surface area contributed by atoms with Crippen molar-refractivity contribution in [3.63, 3.8) is 0 Å². The van der Waals surface area contributed by atoms with Gasteiger partial charge in [-0.1, -0.05) is 18.2 Å². The van der Waals surface area contributed by atoms with Gasteiger partial charge in [0.05, 0.1) is 5.69 Å². The molecule has 0 N–H and O–H groups in total. The second-order valence-corrected chi connectivity index (χ2v) is 4.75. The summed E-state index contributed by atoms with van der Waals surface area (Å²) in [6.45, 7) is 7.34. The van der Waals surface area contributed by atoms with Gasteiger partial charge in [0.2, 0.25) is 0 Å². The lowest BCUT2D eigenvalue weighted by Gasteiger charge is -2.11. The van der Waals surface area contributed by atoms with E-state index in [4.69, 9.17) is 0 Å². The maximum atomic E-state index is 13.5. The van der Waals surface area contributed by atoms with Crippen LogP contribution in [-0.2, 0) is 6.54 Å². The van der Waals surface area contributed by atoms with Crippen molar-refractivity contribution in [2.45, 2.75) is 20.4 Å². The highest BCUT2D eigenvalue weighted by Crippen LogP contribution is 2.14. The van der Waals surface area contributed by atoms with Crippen molar-refractivity contribution in [3.05, 3.63) is 74.8 Å². The number of hydrogen-bond acceptors (Lipinski definition) is 2. The minimum absolute atomic E-state index is 0.289. The molecule has 104 valence electrons. The zero-order valence-corrected chi connectivity index (χ0v) is 11.4. The van der Waals surface area contributed by atoms with Gasteiger partial charge in [-0.15, -0.1) is 0 Å². The van der Waals surface area contributed by atoms with Crippen molar-refractivity contribution < 1.29 is 4.39 Å².